The van der Waals surface area contributed by atoms with E-state index in [1.807, 2.05) is 43.3 Å². The van der Waals surface area contributed by atoms with E-state index in [1.54, 1.807) is 12.1 Å². The van der Waals surface area contributed by atoms with Crippen LogP contribution in [0.5, 0.6) is 0 Å². The maximum absolute atomic E-state index is 9.59. The molecule has 0 saturated heterocycles. The third-order valence-electron chi connectivity index (χ3n) is 3.97. The lowest BCUT2D eigenvalue weighted by Crippen LogP contribution is -1.94. The van der Waals surface area contributed by atoms with Crippen LogP contribution in [0, 0.1) is 18.3 Å². The quantitative estimate of drug-likeness (QED) is 0.427. The van der Waals surface area contributed by atoms with Gasteiger partial charge in [-0.25, -0.2) is 4.98 Å². The molecule has 0 aliphatic rings. The Morgan fingerprint density at radius 2 is 1.79 bits per heavy atom. The fourth-order valence-electron chi connectivity index (χ4n) is 2.81. The van der Waals surface area contributed by atoms with E-state index < -0.39 is 0 Å². The van der Waals surface area contributed by atoms with Gasteiger partial charge in [0.15, 0.2) is 5.58 Å². The molecule has 4 aromatic rings. The van der Waals surface area contributed by atoms with Gasteiger partial charge in [0.25, 0.3) is 0 Å². The predicted octanol–water partition coefficient (Wildman–Crippen LogP) is 5.90. The standard InChI is InChI=1S/C19H11ClN2O.ClH/c1-11-15(10-21)17(12-6-8-13(20)9-7-12)22-18-14-4-2-3-5-16(14)23-19(11)18;/h2-9H,1H3;1H. The minimum atomic E-state index is 0. The Morgan fingerprint density at radius 1 is 1.08 bits per heavy atom. The van der Waals surface area contributed by atoms with Crippen molar-refractivity contribution in [3.8, 4) is 17.3 Å². The Labute approximate surface area is 149 Å². The summed E-state index contributed by atoms with van der Waals surface area (Å²) in [6.45, 7) is 1.89. The Balaban J connectivity index is 0.00000169. The number of aromatic nitrogens is 1. The molecule has 2 aromatic carbocycles. The summed E-state index contributed by atoms with van der Waals surface area (Å²) in [6.07, 6.45) is 0. The Bertz CT molecular complexity index is 1090. The first-order valence-corrected chi connectivity index (χ1v) is 7.54. The number of aryl methyl sites for hydroxylation is 1. The number of para-hydroxylation sites is 1. The highest BCUT2D eigenvalue weighted by molar-refractivity contribution is 6.30. The molecule has 0 unspecified atom stereocenters. The minimum Gasteiger partial charge on any atom is -0.454 e. The van der Waals surface area contributed by atoms with Crippen molar-refractivity contribution in [3.05, 3.63) is 64.7 Å². The number of rotatable bonds is 1. The van der Waals surface area contributed by atoms with Crippen LogP contribution in [-0.2, 0) is 0 Å². The second-order valence-corrected chi connectivity index (χ2v) is 5.79. The van der Waals surface area contributed by atoms with Gasteiger partial charge in [-0.3, -0.25) is 0 Å². The van der Waals surface area contributed by atoms with Gasteiger partial charge in [-0.05, 0) is 31.2 Å². The van der Waals surface area contributed by atoms with Crippen molar-refractivity contribution in [1.29, 1.82) is 5.26 Å². The number of furan rings is 1. The molecule has 4 rings (SSSR count). The van der Waals surface area contributed by atoms with Gasteiger partial charge in [-0.1, -0.05) is 35.9 Å². The smallest absolute Gasteiger partial charge is 0.158 e. The molecule has 5 heteroatoms. The Hall–Kier alpha value is -2.54. The molecule has 0 bridgehead atoms. The Morgan fingerprint density at radius 3 is 2.50 bits per heavy atom. The molecule has 0 fully saturated rings. The summed E-state index contributed by atoms with van der Waals surface area (Å²) in [4.78, 5) is 4.74. The highest BCUT2D eigenvalue weighted by atomic mass is 35.5. The maximum Gasteiger partial charge on any atom is 0.158 e. The zero-order valence-electron chi connectivity index (χ0n) is 12.7. The minimum absolute atomic E-state index is 0. The van der Waals surface area contributed by atoms with Crippen molar-refractivity contribution in [2.24, 2.45) is 0 Å². The van der Waals surface area contributed by atoms with Gasteiger partial charge in [0, 0.05) is 21.5 Å². The fourth-order valence-corrected chi connectivity index (χ4v) is 2.94. The molecule has 118 valence electrons. The number of nitriles is 1. The van der Waals surface area contributed by atoms with Gasteiger partial charge < -0.3 is 4.42 Å². The normalized spacial score (nSPS) is 10.5. The molecule has 0 spiro atoms. The third kappa shape index (κ3) is 2.41. The molecule has 0 saturated carbocycles. The van der Waals surface area contributed by atoms with Crippen molar-refractivity contribution in [2.45, 2.75) is 6.92 Å². The number of pyridine rings is 1. The zero-order chi connectivity index (χ0) is 16.0. The van der Waals surface area contributed by atoms with Crippen LogP contribution < -0.4 is 0 Å². The number of halogens is 2. The summed E-state index contributed by atoms with van der Waals surface area (Å²) in [5.74, 6) is 0. The maximum atomic E-state index is 9.59. The molecule has 0 aliphatic heterocycles. The Kier molecular flexibility index (Phi) is 4.19. The van der Waals surface area contributed by atoms with Crippen molar-refractivity contribution < 1.29 is 4.42 Å². The summed E-state index contributed by atoms with van der Waals surface area (Å²) in [6, 6.07) is 17.4. The van der Waals surface area contributed by atoms with E-state index in [0.717, 1.165) is 27.6 Å². The van der Waals surface area contributed by atoms with E-state index in [4.69, 9.17) is 21.0 Å². The first-order chi connectivity index (χ1) is 11.2. The van der Waals surface area contributed by atoms with E-state index in [1.165, 1.54) is 0 Å². The highest BCUT2D eigenvalue weighted by Crippen LogP contribution is 2.35. The van der Waals surface area contributed by atoms with Gasteiger partial charge in [0.2, 0.25) is 0 Å². The molecule has 0 atom stereocenters. The van der Waals surface area contributed by atoms with Crippen molar-refractivity contribution >= 4 is 46.1 Å². The number of benzene rings is 2. The van der Waals surface area contributed by atoms with Gasteiger partial charge in [-0.2, -0.15) is 5.26 Å². The molecule has 2 aromatic heterocycles. The summed E-state index contributed by atoms with van der Waals surface area (Å²) in [5.41, 5.74) is 5.07. The molecule has 2 heterocycles. The van der Waals surface area contributed by atoms with E-state index in [9.17, 15) is 5.26 Å². The first-order valence-electron chi connectivity index (χ1n) is 7.17. The van der Waals surface area contributed by atoms with E-state index >= 15 is 0 Å². The highest BCUT2D eigenvalue weighted by Gasteiger charge is 2.18. The number of hydrogen-bond donors (Lipinski definition) is 0. The van der Waals surface area contributed by atoms with Crippen LogP contribution in [0.1, 0.15) is 11.1 Å². The number of nitrogens with zero attached hydrogens (tertiary/aromatic N) is 2. The van der Waals surface area contributed by atoms with E-state index in [2.05, 4.69) is 6.07 Å². The molecular formula is C19H12Cl2N2O. The average molecular weight is 355 g/mol. The summed E-state index contributed by atoms with van der Waals surface area (Å²) < 4.78 is 5.90. The molecule has 24 heavy (non-hydrogen) atoms. The molecule has 0 radical (unpaired) electrons. The second kappa shape index (κ2) is 6.16. The van der Waals surface area contributed by atoms with Crippen LogP contribution in [0.25, 0.3) is 33.3 Å². The topological polar surface area (TPSA) is 49.8 Å². The van der Waals surface area contributed by atoms with Crippen molar-refractivity contribution in [2.75, 3.05) is 0 Å². The van der Waals surface area contributed by atoms with E-state index in [0.29, 0.717) is 21.9 Å². The van der Waals surface area contributed by atoms with E-state index in [-0.39, 0.29) is 12.4 Å². The van der Waals surface area contributed by atoms with Crippen LogP contribution >= 0.6 is 24.0 Å². The third-order valence-corrected chi connectivity index (χ3v) is 4.23. The van der Waals surface area contributed by atoms with Gasteiger partial charge >= 0.3 is 0 Å². The van der Waals surface area contributed by atoms with Crippen LogP contribution in [-0.4, -0.2) is 4.98 Å². The molecule has 0 N–H and O–H groups in total. The summed E-state index contributed by atoms with van der Waals surface area (Å²) >= 11 is 5.96. The summed E-state index contributed by atoms with van der Waals surface area (Å²) in [7, 11) is 0. The molecule has 3 nitrogen and oxygen atoms in total. The van der Waals surface area contributed by atoms with Crippen molar-refractivity contribution in [3.63, 3.8) is 0 Å². The number of fused-ring (bicyclic) bond motifs is 3. The lowest BCUT2D eigenvalue weighted by atomic mass is 10.0. The molecular weight excluding hydrogens is 343 g/mol. The van der Waals surface area contributed by atoms with Crippen molar-refractivity contribution in [1.82, 2.24) is 4.98 Å². The van der Waals surface area contributed by atoms with Gasteiger partial charge in [0.1, 0.15) is 17.2 Å². The van der Waals surface area contributed by atoms with Crippen LogP contribution in [0.4, 0.5) is 0 Å². The molecule has 0 aliphatic carbocycles. The lowest BCUT2D eigenvalue weighted by molar-refractivity contribution is 0.665. The lowest BCUT2D eigenvalue weighted by Gasteiger charge is -2.07. The van der Waals surface area contributed by atoms with Gasteiger partial charge in [0.05, 0.1) is 11.3 Å². The van der Waals surface area contributed by atoms with Crippen LogP contribution in [0.3, 0.4) is 0 Å². The monoisotopic (exact) mass is 354 g/mol. The second-order valence-electron chi connectivity index (χ2n) is 5.36. The first kappa shape index (κ1) is 16.3. The summed E-state index contributed by atoms with van der Waals surface area (Å²) in [5, 5.41) is 11.2. The van der Waals surface area contributed by atoms with Gasteiger partial charge in [-0.15, -0.1) is 12.4 Å². The zero-order valence-corrected chi connectivity index (χ0v) is 14.3. The van der Waals surface area contributed by atoms with Crippen LogP contribution in [0.15, 0.2) is 52.9 Å². The van der Waals surface area contributed by atoms with Crippen LogP contribution in [0.2, 0.25) is 5.02 Å². The fraction of sp³-hybridized carbons (Fsp3) is 0.0526. The molecule has 0 amide bonds. The largest absolute Gasteiger partial charge is 0.454 e. The number of hydrogen-bond acceptors (Lipinski definition) is 3. The average Bonchev–Trinajstić information content (AvgIpc) is 2.95. The predicted molar refractivity (Wildman–Crippen MR) is 98.7 cm³/mol. The SMILES string of the molecule is Cc1c(C#N)c(-c2ccc(Cl)cc2)nc2c1oc1ccccc12.Cl.